The zero-order valence-electron chi connectivity index (χ0n) is 6.24. The van der Waals surface area contributed by atoms with Gasteiger partial charge in [-0.2, -0.15) is 5.26 Å². The third-order valence-electron chi connectivity index (χ3n) is 1.25. The summed E-state index contributed by atoms with van der Waals surface area (Å²) < 4.78 is 0. The van der Waals surface area contributed by atoms with Gasteiger partial charge in [0.15, 0.2) is 0 Å². The molecule has 0 bridgehead atoms. The topological polar surface area (TPSA) is 23.8 Å². The van der Waals surface area contributed by atoms with E-state index >= 15 is 0 Å². The van der Waals surface area contributed by atoms with Crippen molar-refractivity contribution in [3.63, 3.8) is 0 Å². The highest BCUT2D eigenvalue weighted by molar-refractivity contribution is 8.01. The van der Waals surface area contributed by atoms with Gasteiger partial charge >= 0.3 is 0 Å². The van der Waals surface area contributed by atoms with Crippen molar-refractivity contribution < 1.29 is 0 Å². The van der Waals surface area contributed by atoms with Crippen LogP contribution in [0.25, 0.3) is 0 Å². The van der Waals surface area contributed by atoms with Crippen LogP contribution < -0.4 is 0 Å². The molecular weight excluding hydrogens is 154 g/mol. The van der Waals surface area contributed by atoms with Crippen LogP contribution >= 0.6 is 11.8 Å². The molecule has 0 aromatic heterocycles. The van der Waals surface area contributed by atoms with Crippen molar-refractivity contribution in [3.8, 4) is 6.07 Å². The SMILES string of the molecule is C[CH]Sc1ccccc1C#N. The lowest BCUT2D eigenvalue weighted by atomic mass is 10.2. The predicted octanol–water partition coefficient (Wildman–Crippen LogP) is 2.83. The average molecular weight is 162 g/mol. The maximum absolute atomic E-state index is 8.67. The van der Waals surface area contributed by atoms with Crippen LogP contribution in [0.5, 0.6) is 0 Å². The lowest BCUT2D eigenvalue weighted by Gasteiger charge is -1.98. The number of benzene rings is 1. The molecule has 1 rings (SSSR count). The fourth-order valence-electron chi connectivity index (χ4n) is 0.789. The normalized spacial score (nSPS) is 9.09. The highest BCUT2D eigenvalue weighted by Gasteiger charge is 1.97. The first-order valence-corrected chi connectivity index (χ1v) is 4.20. The monoisotopic (exact) mass is 162 g/mol. The first kappa shape index (κ1) is 8.16. The highest BCUT2D eigenvalue weighted by atomic mass is 32.2. The summed E-state index contributed by atoms with van der Waals surface area (Å²) >= 11 is 1.58. The minimum atomic E-state index is 0.746. The molecule has 0 spiro atoms. The molecule has 1 aromatic rings. The molecule has 0 fully saturated rings. The Morgan fingerprint density at radius 1 is 1.45 bits per heavy atom. The molecule has 1 nitrogen and oxygen atoms in total. The smallest absolute Gasteiger partial charge is 0.100 e. The van der Waals surface area contributed by atoms with Crippen molar-refractivity contribution in [2.75, 3.05) is 0 Å². The fourth-order valence-corrected chi connectivity index (χ4v) is 1.44. The van der Waals surface area contributed by atoms with Crippen molar-refractivity contribution >= 4 is 11.8 Å². The van der Waals surface area contributed by atoms with Crippen molar-refractivity contribution in [1.29, 1.82) is 5.26 Å². The van der Waals surface area contributed by atoms with E-state index in [0.29, 0.717) is 0 Å². The molecule has 0 aliphatic carbocycles. The Balaban J connectivity index is 2.95. The van der Waals surface area contributed by atoms with Crippen LogP contribution in [0.15, 0.2) is 29.2 Å². The van der Waals surface area contributed by atoms with Crippen molar-refractivity contribution in [3.05, 3.63) is 35.6 Å². The Kier molecular flexibility index (Phi) is 3.00. The van der Waals surface area contributed by atoms with E-state index in [1.165, 1.54) is 0 Å². The van der Waals surface area contributed by atoms with Gasteiger partial charge in [-0.15, -0.1) is 11.8 Å². The van der Waals surface area contributed by atoms with Gasteiger partial charge in [-0.05, 0) is 12.1 Å². The van der Waals surface area contributed by atoms with E-state index in [-0.39, 0.29) is 0 Å². The van der Waals surface area contributed by atoms with E-state index in [2.05, 4.69) is 6.07 Å². The van der Waals surface area contributed by atoms with Crippen LogP contribution in [0.1, 0.15) is 12.5 Å². The largest absolute Gasteiger partial charge is 0.192 e. The molecule has 0 saturated heterocycles. The lowest BCUT2D eigenvalue weighted by Crippen LogP contribution is -1.77. The number of nitriles is 1. The van der Waals surface area contributed by atoms with Crippen molar-refractivity contribution in [1.82, 2.24) is 0 Å². The Bertz CT molecular complexity index is 275. The first-order valence-electron chi connectivity index (χ1n) is 3.32. The van der Waals surface area contributed by atoms with Crippen LogP contribution in [-0.2, 0) is 0 Å². The maximum atomic E-state index is 8.67. The molecule has 0 atom stereocenters. The zero-order chi connectivity index (χ0) is 8.10. The summed E-state index contributed by atoms with van der Waals surface area (Å²) in [5.41, 5.74) is 0.746. The minimum absolute atomic E-state index is 0.746. The van der Waals surface area contributed by atoms with E-state index in [0.717, 1.165) is 10.5 Å². The molecular formula is C9H8NS. The van der Waals surface area contributed by atoms with Gasteiger partial charge in [0, 0.05) is 10.6 Å². The molecule has 11 heavy (non-hydrogen) atoms. The third kappa shape index (κ3) is 1.99. The van der Waals surface area contributed by atoms with Crippen molar-refractivity contribution in [2.45, 2.75) is 11.8 Å². The fraction of sp³-hybridized carbons (Fsp3) is 0.111. The lowest BCUT2D eigenvalue weighted by molar-refractivity contribution is 1.37. The summed E-state index contributed by atoms with van der Waals surface area (Å²) in [6.07, 6.45) is 0. The van der Waals surface area contributed by atoms with E-state index in [1.807, 2.05) is 36.9 Å². The standard InChI is InChI=1S/C9H8NS/c1-2-11-9-6-4-3-5-8(9)7-10/h2-6H,1H3. The summed E-state index contributed by atoms with van der Waals surface area (Å²) in [5.74, 6) is 1.97. The van der Waals surface area contributed by atoms with Crippen LogP contribution in [0.3, 0.4) is 0 Å². The molecule has 0 N–H and O–H groups in total. The Labute approximate surface area is 71.0 Å². The summed E-state index contributed by atoms with van der Waals surface area (Å²) in [7, 11) is 0. The van der Waals surface area contributed by atoms with Gasteiger partial charge in [0.2, 0.25) is 0 Å². The molecule has 0 unspecified atom stereocenters. The number of thioether (sulfide) groups is 1. The van der Waals surface area contributed by atoms with Gasteiger partial charge in [0.25, 0.3) is 0 Å². The molecule has 0 aliphatic heterocycles. The second kappa shape index (κ2) is 4.05. The molecule has 1 aromatic carbocycles. The van der Waals surface area contributed by atoms with Gasteiger partial charge in [-0.1, -0.05) is 19.1 Å². The van der Waals surface area contributed by atoms with Crippen LogP contribution in [0, 0.1) is 17.1 Å². The number of hydrogen-bond acceptors (Lipinski definition) is 2. The minimum Gasteiger partial charge on any atom is -0.192 e. The first-order chi connectivity index (χ1) is 5.38. The molecule has 0 saturated carbocycles. The molecule has 1 radical (unpaired) electrons. The second-order valence-corrected chi connectivity index (χ2v) is 3.11. The van der Waals surface area contributed by atoms with E-state index in [1.54, 1.807) is 11.8 Å². The maximum Gasteiger partial charge on any atom is 0.100 e. The van der Waals surface area contributed by atoms with Crippen LogP contribution in [0.2, 0.25) is 0 Å². The average Bonchev–Trinajstić information content (AvgIpc) is 2.06. The van der Waals surface area contributed by atoms with E-state index in [9.17, 15) is 0 Å². The number of rotatable bonds is 2. The summed E-state index contributed by atoms with van der Waals surface area (Å²) in [5, 5.41) is 8.67. The number of hydrogen-bond donors (Lipinski definition) is 0. The molecule has 55 valence electrons. The zero-order valence-corrected chi connectivity index (χ0v) is 7.06. The van der Waals surface area contributed by atoms with E-state index < -0.39 is 0 Å². The van der Waals surface area contributed by atoms with Crippen molar-refractivity contribution in [2.24, 2.45) is 0 Å². The second-order valence-electron chi connectivity index (χ2n) is 1.96. The van der Waals surface area contributed by atoms with E-state index in [4.69, 9.17) is 5.26 Å². The molecule has 0 heterocycles. The highest BCUT2D eigenvalue weighted by Crippen LogP contribution is 2.23. The predicted molar refractivity (Wildman–Crippen MR) is 47.0 cm³/mol. The Morgan fingerprint density at radius 3 is 2.82 bits per heavy atom. The van der Waals surface area contributed by atoms with Gasteiger partial charge in [-0.3, -0.25) is 0 Å². The molecule has 2 heteroatoms. The summed E-state index contributed by atoms with van der Waals surface area (Å²) in [6.45, 7) is 1.96. The van der Waals surface area contributed by atoms with Crippen LogP contribution in [-0.4, -0.2) is 0 Å². The van der Waals surface area contributed by atoms with Gasteiger partial charge in [0.05, 0.1) is 5.56 Å². The van der Waals surface area contributed by atoms with Crippen LogP contribution in [0.4, 0.5) is 0 Å². The number of nitrogens with zero attached hydrogens (tertiary/aromatic N) is 1. The summed E-state index contributed by atoms with van der Waals surface area (Å²) in [6, 6.07) is 9.72. The summed E-state index contributed by atoms with van der Waals surface area (Å²) in [4.78, 5) is 1.03. The van der Waals surface area contributed by atoms with Gasteiger partial charge in [-0.25, -0.2) is 0 Å². The Hall–Kier alpha value is -0.940. The Morgan fingerprint density at radius 2 is 2.18 bits per heavy atom. The van der Waals surface area contributed by atoms with Gasteiger partial charge < -0.3 is 0 Å². The molecule has 0 aliphatic rings. The molecule has 0 amide bonds. The quantitative estimate of drug-likeness (QED) is 0.624. The third-order valence-corrected chi connectivity index (χ3v) is 2.10. The van der Waals surface area contributed by atoms with Gasteiger partial charge in [0.1, 0.15) is 6.07 Å².